The molecule has 0 unspecified atom stereocenters. The van der Waals surface area contributed by atoms with E-state index >= 15 is 0 Å². The first-order valence-corrected chi connectivity index (χ1v) is 9.89. The molecule has 2 amide bonds. The molecule has 0 saturated carbocycles. The zero-order valence-electron chi connectivity index (χ0n) is 14.5. The molecule has 136 valence electrons. The molecule has 0 spiro atoms. The second kappa shape index (κ2) is 8.79. The van der Waals surface area contributed by atoms with Crippen LogP contribution in [0.3, 0.4) is 0 Å². The van der Waals surface area contributed by atoms with Crippen LogP contribution in [0.1, 0.15) is 20.8 Å². The standard InChI is InChI=1S/C21H17BrN2O2S/c1-14-4-10-17(11-5-14)23-20(25)18(13-15-6-8-16(22)9-7-15)24-21(26)19-3-2-12-27-19/h2-13H,1H3,(H,23,25)(H,24,26)/b18-13-. The summed E-state index contributed by atoms with van der Waals surface area (Å²) in [7, 11) is 0. The van der Waals surface area contributed by atoms with E-state index in [2.05, 4.69) is 26.6 Å². The van der Waals surface area contributed by atoms with Crippen LogP contribution in [0.5, 0.6) is 0 Å². The van der Waals surface area contributed by atoms with Gasteiger partial charge in [0.05, 0.1) is 4.88 Å². The molecule has 0 bridgehead atoms. The number of benzene rings is 2. The predicted octanol–water partition coefficient (Wildman–Crippen LogP) is 5.23. The average molecular weight is 441 g/mol. The normalized spacial score (nSPS) is 11.1. The summed E-state index contributed by atoms with van der Waals surface area (Å²) >= 11 is 4.71. The number of hydrogen-bond donors (Lipinski definition) is 2. The van der Waals surface area contributed by atoms with Crippen LogP contribution in [0, 0.1) is 6.92 Å². The SMILES string of the molecule is Cc1ccc(NC(=O)/C(=C/c2ccc(Br)cc2)NC(=O)c2cccs2)cc1. The van der Waals surface area contributed by atoms with E-state index in [4.69, 9.17) is 0 Å². The first-order valence-electron chi connectivity index (χ1n) is 8.21. The number of carbonyl (C=O) groups is 2. The third-order valence-electron chi connectivity index (χ3n) is 3.73. The number of halogens is 1. The maximum Gasteiger partial charge on any atom is 0.272 e. The fourth-order valence-corrected chi connectivity index (χ4v) is 3.19. The van der Waals surface area contributed by atoms with Crippen LogP contribution in [0.15, 0.2) is 76.2 Å². The molecular weight excluding hydrogens is 424 g/mol. The van der Waals surface area contributed by atoms with Gasteiger partial charge in [-0.05, 0) is 54.3 Å². The molecule has 27 heavy (non-hydrogen) atoms. The van der Waals surface area contributed by atoms with Crippen LogP contribution in [-0.4, -0.2) is 11.8 Å². The van der Waals surface area contributed by atoms with Crippen molar-refractivity contribution in [3.05, 3.63) is 92.2 Å². The van der Waals surface area contributed by atoms with E-state index in [-0.39, 0.29) is 17.5 Å². The summed E-state index contributed by atoms with van der Waals surface area (Å²) in [6, 6.07) is 18.5. The lowest BCUT2D eigenvalue weighted by molar-refractivity contribution is -0.113. The van der Waals surface area contributed by atoms with Gasteiger partial charge in [-0.3, -0.25) is 9.59 Å². The van der Waals surface area contributed by atoms with E-state index in [1.807, 2.05) is 60.8 Å². The molecule has 0 radical (unpaired) electrons. The first kappa shape index (κ1) is 19.1. The van der Waals surface area contributed by atoms with Crippen molar-refractivity contribution in [2.75, 3.05) is 5.32 Å². The number of amides is 2. The topological polar surface area (TPSA) is 58.2 Å². The highest BCUT2D eigenvalue weighted by Gasteiger charge is 2.15. The number of aryl methyl sites for hydroxylation is 1. The second-order valence-electron chi connectivity index (χ2n) is 5.86. The molecule has 2 aromatic carbocycles. The van der Waals surface area contributed by atoms with Crippen LogP contribution in [0.4, 0.5) is 5.69 Å². The van der Waals surface area contributed by atoms with Crippen molar-refractivity contribution in [2.24, 2.45) is 0 Å². The summed E-state index contributed by atoms with van der Waals surface area (Å²) in [5, 5.41) is 7.37. The van der Waals surface area contributed by atoms with Crippen molar-refractivity contribution in [1.82, 2.24) is 5.32 Å². The Morgan fingerprint density at radius 3 is 2.33 bits per heavy atom. The van der Waals surface area contributed by atoms with Crippen molar-refractivity contribution in [3.8, 4) is 0 Å². The number of rotatable bonds is 5. The zero-order valence-corrected chi connectivity index (χ0v) is 16.9. The number of carbonyl (C=O) groups excluding carboxylic acids is 2. The molecule has 1 aromatic heterocycles. The van der Waals surface area contributed by atoms with Gasteiger partial charge in [-0.25, -0.2) is 0 Å². The van der Waals surface area contributed by atoms with Crippen LogP contribution < -0.4 is 10.6 Å². The molecule has 0 fully saturated rings. The Kier molecular flexibility index (Phi) is 6.21. The molecule has 2 N–H and O–H groups in total. The Hall–Kier alpha value is -2.70. The highest BCUT2D eigenvalue weighted by atomic mass is 79.9. The third-order valence-corrected chi connectivity index (χ3v) is 5.13. The molecule has 3 aromatic rings. The maximum atomic E-state index is 12.8. The summed E-state index contributed by atoms with van der Waals surface area (Å²) in [6.45, 7) is 1.98. The Labute approximate surface area is 170 Å². The van der Waals surface area contributed by atoms with E-state index in [9.17, 15) is 9.59 Å². The minimum absolute atomic E-state index is 0.177. The van der Waals surface area contributed by atoms with Gasteiger partial charge in [-0.2, -0.15) is 0 Å². The smallest absolute Gasteiger partial charge is 0.272 e. The van der Waals surface area contributed by atoms with Gasteiger partial charge < -0.3 is 10.6 Å². The number of anilines is 1. The molecule has 0 atom stereocenters. The highest BCUT2D eigenvalue weighted by molar-refractivity contribution is 9.10. The van der Waals surface area contributed by atoms with Gasteiger partial charge in [0.1, 0.15) is 5.70 Å². The number of nitrogens with one attached hydrogen (secondary N) is 2. The molecule has 0 aliphatic carbocycles. The number of hydrogen-bond acceptors (Lipinski definition) is 3. The largest absolute Gasteiger partial charge is 0.321 e. The third kappa shape index (κ3) is 5.39. The monoisotopic (exact) mass is 440 g/mol. The van der Waals surface area contributed by atoms with Gasteiger partial charge in [0.15, 0.2) is 0 Å². The minimum atomic E-state index is -0.383. The van der Waals surface area contributed by atoms with Crippen LogP contribution in [0.25, 0.3) is 6.08 Å². The summed E-state index contributed by atoms with van der Waals surface area (Å²) in [4.78, 5) is 25.7. The lowest BCUT2D eigenvalue weighted by Crippen LogP contribution is -2.30. The van der Waals surface area contributed by atoms with E-state index in [0.29, 0.717) is 10.6 Å². The van der Waals surface area contributed by atoms with E-state index in [1.54, 1.807) is 18.2 Å². The first-order chi connectivity index (χ1) is 13.0. The fraction of sp³-hybridized carbons (Fsp3) is 0.0476. The molecule has 0 saturated heterocycles. The Morgan fingerprint density at radius 1 is 1.00 bits per heavy atom. The van der Waals surface area contributed by atoms with Gasteiger partial charge in [-0.1, -0.05) is 51.8 Å². The van der Waals surface area contributed by atoms with Gasteiger partial charge >= 0.3 is 0 Å². The van der Waals surface area contributed by atoms with Crippen LogP contribution >= 0.6 is 27.3 Å². The van der Waals surface area contributed by atoms with Crippen LogP contribution in [0.2, 0.25) is 0 Å². The van der Waals surface area contributed by atoms with Crippen LogP contribution in [-0.2, 0) is 4.79 Å². The lowest BCUT2D eigenvalue weighted by Gasteiger charge is -2.11. The average Bonchev–Trinajstić information content (AvgIpc) is 3.19. The Morgan fingerprint density at radius 2 is 1.70 bits per heavy atom. The van der Waals surface area contributed by atoms with Gasteiger partial charge in [0, 0.05) is 10.2 Å². The lowest BCUT2D eigenvalue weighted by atomic mass is 10.1. The molecule has 4 nitrogen and oxygen atoms in total. The second-order valence-corrected chi connectivity index (χ2v) is 7.72. The molecule has 6 heteroatoms. The quantitative estimate of drug-likeness (QED) is 0.533. The summed E-state index contributed by atoms with van der Waals surface area (Å²) in [6.07, 6.45) is 1.65. The maximum absolute atomic E-state index is 12.8. The number of thiophene rings is 1. The summed E-state index contributed by atoms with van der Waals surface area (Å²) in [5.41, 5.74) is 2.75. The van der Waals surface area contributed by atoms with Crippen molar-refractivity contribution < 1.29 is 9.59 Å². The van der Waals surface area contributed by atoms with Gasteiger partial charge in [0.25, 0.3) is 11.8 Å². The molecule has 3 rings (SSSR count). The van der Waals surface area contributed by atoms with Crippen molar-refractivity contribution in [3.63, 3.8) is 0 Å². The summed E-state index contributed by atoms with van der Waals surface area (Å²) < 4.78 is 0.938. The van der Waals surface area contributed by atoms with E-state index in [0.717, 1.165) is 15.6 Å². The molecule has 1 heterocycles. The van der Waals surface area contributed by atoms with Crippen molar-refractivity contribution in [2.45, 2.75) is 6.92 Å². The molecule has 0 aliphatic rings. The molecular formula is C21H17BrN2O2S. The fourth-order valence-electron chi connectivity index (χ4n) is 2.31. The van der Waals surface area contributed by atoms with E-state index < -0.39 is 0 Å². The minimum Gasteiger partial charge on any atom is -0.321 e. The van der Waals surface area contributed by atoms with Gasteiger partial charge in [-0.15, -0.1) is 11.3 Å². The highest BCUT2D eigenvalue weighted by Crippen LogP contribution is 2.16. The van der Waals surface area contributed by atoms with Gasteiger partial charge in [0.2, 0.25) is 0 Å². The predicted molar refractivity (Wildman–Crippen MR) is 114 cm³/mol. The van der Waals surface area contributed by atoms with Crippen molar-refractivity contribution in [1.29, 1.82) is 0 Å². The molecule has 0 aliphatic heterocycles. The Balaban J connectivity index is 1.85. The van der Waals surface area contributed by atoms with Crippen molar-refractivity contribution >= 4 is 50.8 Å². The summed E-state index contributed by atoms with van der Waals surface area (Å²) in [5.74, 6) is -0.695. The zero-order chi connectivity index (χ0) is 19.2. The van der Waals surface area contributed by atoms with E-state index in [1.165, 1.54) is 11.3 Å². The Bertz CT molecular complexity index is 962.